The zero-order chi connectivity index (χ0) is 5.86. The van der Waals surface area contributed by atoms with Crippen molar-refractivity contribution in [1.82, 2.24) is 0 Å². The van der Waals surface area contributed by atoms with Crippen LogP contribution in [0, 0.1) is 21.6 Å². The van der Waals surface area contributed by atoms with Crippen molar-refractivity contribution >= 4 is 0 Å². The van der Waals surface area contributed by atoms with E-state index in [9.17, 15) is 0 Å². The average molecular weight is 191 g/mol. The molecule has 46 valence electrons. The molecule has 8 heteroatoms. The first-order valence-electron chi connectivity index (χ1n) is 0.926. The molecule has 0 radical (unpaired) electrons. The Bertz CT molecular complexity index is 44.2. The molecular formula is HCl2KO5. The smallest absolute Gasteiger partial charge is 1.00 e. The number of hydrogen-bond donors (Lipinski definition) is 0. The van der Waals surface area contributed by atoms with E-state index in [0.29, 0.717) is 0 Å². The van der Waals surface area contributed by atoms with E-state index in [-0.39, 0.29) is 52.8 Å². The monoisotopic (exact) mass is 190 g/mol. The van der Waals surface area contributed by atoms with Crippen LogP contribution < -0.4 is 70.0 Å². The van der Waals surface area contributed by atoms with Crippen LogP contribution in [0.25, 0.3) is 0 Å². The van der Waals surface area contributed by atoms with Crippen LogP contribution in [-0.2, 0) is 3.84 Å². The van der Waals surface area contributed by atoms with Gasteiger partial charge in [-0.2, -0.15) is 0 Å². The van der Waals surface area contributed by atoms with Crippen molar-refractivity contribution in [2.24, 2.45) is 0 Å². The molecule has 0 aliphatic rings. The molecule has 0 aromatic heterocycles. The first kappa shape index (κ1) is 12.7. The van der Waals surface area contributed by atoms with Crippen LogP contribution >= 0.6 is 0 Å². The van der Waals surface area contributed by atoms with E-state index >= 15 is 0 Å². The Hall–Kier alpha value is 2.02. The molecule has 0 heterocycles. The summed E-state index contributed by atoms with van der Waals surface area (Å²) < 4.78 is 39.6. The van der Waals surface area contributed by atoms with Gasteiger partial charge in [-0.05, 0) is 0 Å². The number of rotatable bonds is 2. The SMILES string of the molecule is [H-].[K+].[O-][Cl+2]([O-])O[Cl+2]([O-])[O-]. The minimum atomic E-state index is -2.68. The predicted molar refractivity (Wildman–Crippen MR) is 2.20 cm³/mol. The van der Waals surface area contributed by atoms with Crippen molar-refractivity contribution in [3.8, 4) is 0 Å². The summed E-state index contributed by atoms with van der Waals surface area (Å²) in [4.78, 5) is 0. The van der Waals surface area contributed by atoms with Gasteiger partial charge < -0.3 is 20.1 Å². The molecular weight excluding hydrogens is 190 g/mol. The van der Waals surface area contributed by atoms with Crippen molar-refractivity contribution in [2.45, 2.75) is 0 Å². The van der Waals surface area contributed by atoms with Crippen LogP contribution in [0.15, 0.2) is 0 Å². The average Bonchev–Trinajstić information content (AvgIpc) is 1.27. The molecule has 0 N–H and O–H groups in total. The van der Waals surface area contributed by atoms with E-state index in [1.165, 1.54) is 0 Å². The minimum absolute atomic E-state index is 0. The Morgan fingerprint density at radius 3 is 1.25 bits per heavy atom. The van der Waals surface area contributed by atoms with Gasteiger partial charge in [0.15, 0.2) is 0 Å². The fourth-order valence-corrected chi connectivity index (χ4v) is 0.350. The quantitative estimate of drug-likeness (QED) is 0.403. The third-order valence-corrected chi connectivity index (χ3v) is 0.857. The minimum Gasteiger partial charge on any atom is -1.00 e. The van der Waals surface area contributed by atoms with Crippen LogP contribution in [-0.4, -0.2) is 0 Å². The zero-order valence-electron chi connectivity index (χ0n) is 4.80. The molecule has 0 bridgehead atoms. The molecule has 0 aliphatic carbocycles. The molecule has 0 aliphatic heterocycles. The molecule has 0 rings (SSSR count). The third kappa shape index (κ3) is 10.9. The van der Waals surface area contributed by atoms with Gasteiger partial charge in [-0.3, -0.25) is 0 Å². The molecule has 8 heavy (non-hydrogen) atoms. The third-order valence-electron chi connectivity index (χ3n) is 0.0952. The van der Waals surface area contributed by atoms with Crippen molar-refractivity contribution in [1.29, 1.82) is 0 Å². The van der Waals surface area contributed by atoms with Gasteiger partial charge in [-0.25, -0.2) is 0 Å². The first-order valence-corrected chi connectivity index (χ1v) is 2.78. The maximum Gasteiger partial charge on any atom is 1.00 e. The maximum atomic E-state index is 9.15. The summed E-state index contributed by atoms with van der Waals surface area (Å²) in [5.41, 5.74) is 0. The van der Waals surface area contributed by atoms with Gasteiger partial charge >= 0.3 is 76.8 Å². The van der Waals surface area contributed by atoms with E-state index in [0.717, 1.165) is 0 Å². The molecule has 0 spiro atoms. The Kier molecular flexibility index (Phi) is 11.3. The second-order valence-electron chi connectivity index (χ2n) is 0.436. The van der Waals surface area contributed by atoms with E-state index in [2.05, 4.69) is 3.84 Å². The molecule has 0 amide bonds. The zero-order valence-corrected chi connectivity index (χ0v) is 8.43. The van der Waals surface area contributed by atoms with Crippen molar-refractivity contribution in [3.63, 3.8) is 0 Å². The number of hydrogen-bond acceptors (Lipinski definition) is 5. The van der Waals surface area contributed by atoms with E-state index in [4.69, 9.17) is 18.6 Å². The van der Waals surface area contributed by atoms with E-state index in [1.807, 2.05) is 0 Å². The van der Waals surface area contributed by atoms with Gasteiger partial charge in [-0.1, -0.05) is 0 Å². The fourth-order valence-electron chi connectivity index (χ4n) is 0.0389. The first-order chi connectivity index (χ1) is 3.13. The van der Waals surface area contributed by atoms with Gasteiger partial charge in [0.2, 0.25) is 0 Å². The van der Waals surface area contributed by atoms with Crippen LogP contribution in [0.5, 0.6) is 0 Å². The summed E-state index contributed by atoms with van der Waals surface area (Å²) >= 11 is 0. The molecule has 5 nitrogen and oxygen atoms in total. The summed E-state index contributed by atoms with van der Waals surface area (Å²) in [6.45, 7) is 0. The van der Waals surface area contributed by atoms with Gasteiger partial charge in [0.25, 0.3) is 0 Å². The summed E-state index contributed by atoms with van der Waals surface area (Å²) in [5.74, 6) is 0. The molecule has 0 aromatic carbocycles. The fraction of sp³-hybridized carbons (Fsp3) is 0. The molecule has 0 unspecified atom stereocenters. The Labute approximate surface area is 95.3 Å². The normalized spacial score (nSPS) is 9.75. The molecule has 0 saturated heterocycles. The van der Waals surface area contributed by atoms with Crippen LogP contribution in [0.1, 0.15) is 1.43 Å². The largest absolute Gasteiger partial charge is 1.00 e. The Morgan fingerprint density at radius 1 is 1.00 bits per heavy atom. The topological polar surface area (TPSA) is 101 Å². The van der Waals surface area contributed by atoms with Crippen LogP contribution in [0.2, 0.25) is 0 Å². The molecule has 0 saturated carbocycles. The van der Waals surface area contributed by atoms with Gasteiger partial charge in [0.1, 0.15) is 0 Å². The van der Waals surface area contributed by atoms with Gasteiger partial charge in [-0.15, -0.1) is 0 Å². The van der Waals surface area contributed by atoms with Crippen LogP contribution in [0.4, 0.5) is 0 Å². The predicted octanol–water partition coefficient (Wildman–Crippen LogP) is -7.71. The van der Waals surface area contributed by atoms with Crippen molar-refractivity contribution in [3.05, 3.63) is 0 Å². The van der Waals surface area contributed by atoms with E-state index in [1.54, 1.807) is 0 Å². The summed E-state index contributed by atoms with van der Waals surface area (Å²) in [6.07, 6.45) is 0. The molecule has 0 atom stereocenters. The standard InChI is InChI=1S/Cl2O5.K.H/c3-1(4)7-2(5)6;;/q;+1;-1. The van der Waals surface area contributed by atoms with Crippen molar-refractivity contribution in [2.75, 3.05) is 0 Å². The second kappa shape index (κ2) is 7.13. The summed E-state index contributed by atoms with van der Waals surface area (Å²) in [5, 5.41) is 0. The second-order valence-corrected chi connectivity index (χ2v) is 1.66. The summed E-state index contributed by atoms with van der Waals surface area (Å²) in [7, 11) is -5.36. The van der Waals surface area contributed by atoms with Crippen molar-refractivity contribution < 1.29 is 96.9 Å². The van der Waals surface area contributed by atoms with Gasteiger partial charge in [0.05, 0.1) is 0 Å². The number of halogens is 2. The maximum absolute atomic E-state index is 9.15. The molecule has 0 fully saturated rings. The van der Waals surface area contributed by atoms with E-state index < -0.39 is 21.6 Å². The van der Waals surface area contributed by atoms with Crippen LogP contribution in [0.3, 0.4) is 0 Å². The Balaban J connectivity index is -0.000000180. The van der Waals surface area contributed by atoms with Gasteiger partial charge in [0, 0.05) is 0 Å². The Morgan fingerprint density at radius 2 is 1.25 bits per heavy atom. The molecule has 0 aromatic rings. The summed E-state index contributed by atoms with van der Waals surface area (Å²) in [6, 6.07) is 0.